The van der Waals surface area contributed by atoms with Crippen molar-refractivity contribution in [1.82, 2.24) is 6.23 Å². The molecule has 0 spiro atoms. The maximum atomic E-state index is 2.38. The molecule has 0 atom stereocenters. The van der Waals surface area contributed by atoms with E-state index < -0.39 is 0 Å². The fraction of sp³-hybridized carbons (Fsp3) is 1.00. The first kappa shape index (κ1) is 8.48. The Morgan fingerprint density at radius 2 is 1.89 bits per heavy atom. The Bertz CT molecular complexity index is 116. The van der Waals surface area contributed by atoms with Crippen molar-refractivity contribution in [1.29, 1.82) is 0 Å². The molecule has 9 heavy (non-hydrogen) atoms. The summed E-state index contributed by atoms with van der Waals surface area (Å²) in [5, 5.41) is 0. The average Bonchev–Trinajstić information content (AvgIpc) is 1.79. The van der Waals surface area contributed by atoms with Crippen LogP contribution in [0.3, 0.4) is 0 Å². The molecule has 0 saturated carbocycles. The molecular weight excluding hydrogens is 342 g/mol. The Balaban J connectivity index is 2.58. The average molecular weight is 352 g/mol. The van der Waals surface area contributed by atoms with Gasteiger partial charge in [-0.25, -0.2) is 6.23 Å². The maximum absolute atomic E-state index is 2.38. The molecule has 1 aliphatic heterocycles. The van der Waals surface area contributed by atoms with Crippen molar-refractivity contribution in [2.75, 3.05) is 13.2 Å². The summed E-state index contributed by atoms with van der Waals surface area (Å²) in [5.41, 5.74) is 0.363. The van der Waals surface area contributed by atoms with Gasteiger partial charge in [-0.2, -0.15) is 0 Å². The van der Waals surface area contributed by atoms with Crippen molar-refractivity contribution in [2.24, 2.45) is 0 Å². The molecule has 0 radical (unpaired) electrons. The second kappa shape index (κ2) is 2.78. The highest BCUT2D eigenvalue weighted by Gasteiger charge is 2.34. The Morgan fingerprint density at radius 1 is 1.33 bits per heavy atom. The van der Waals surface area contributed by atoms with E-state index in [0.717, 1.165) is 13.2 Å². The van der Waals surface area contributed by atoms with E-state index in [1.165, 1.54) is 0 Å². The van der Waals surface area contributed by atoms with Gasteiger partial charge in [0.25, 0.3) is 0 Å². The minimum Gasteiger partial charge on any atom is -0.231 e. The van der Waals surface area contributed by atoms with Crippen LogP contribution >= 0.6 is 45.7 Å². The molecule has 1 fully saturated rings. The lowest BCUT2D eigenvalue weighted by Crippen LogP contribution is -2.32. The predicted molar refractivity (Wildman–Crippen MR) is 55.5 cm³/mol. The van der Waals surface area contributed by atoms with E-state index in [1.807, 2.05) is 0 Å². The lowest BCUT2D eigenvalue weighted by molar-refractivity contribution is 0.364. The lowest BCUT2D eigenvalue weighted by Gasteiger charge is -2.22. The normalized spacial score (nSPS) is 29.3. The zero-order chi connectivity index (χ0) is 7.07. The van der Waals surface area contributed by atoms with Gasteiger partial charge in [-0.15, -0.1) is 0 Å². The molecule has 0 aliphatic carbocycles. The SMILES string of the molecule is CC1(C)CN(I)CN1I. The van der Waals surface area contributed by atoms with Crippen LogP contribution in [0.25, 0.3) is 0 Å². The van der Waals surface area contributed by atoms with E-state index in [2.05, 4.69) is 65.8 Å². The van der Waals surface area contributed by atoms with E-state index in [-0.39, 0.29) is 0 Å². The van der Waals surface area contributed by atoms with E-state index in [0.29, 0.717) is 5.54 Å². The Labute approximate surface area is 83.9 Å². The molecule has 0 aromatic rings. The molecule has 54 valence electrons. The van der Waals surface area contributed by atoms with Gasteiger partial charge in [0.1, 0.15) is 0 Å². The molecule has 0 aromatic heterocycles. The van der Waals surface area contributed by atoms with E-state index in [9.17, 15) is 0 Å². The van der Waals surface area contributed by atoms with Crippen molar-refractivity contribution in [3.63, 3.8) is 0 Å². The zero-order valence-corrected chi connectivity index (χ0v) is 9.88. The molecule has 2 nitrogen and oxygen atoms in total. The maximum Gasteiger partial charge on any atom is 0.0697 e. The third-order valence-electron chi connectivity index (χ3n) is 1.49. The Kier molecular flexibility index (Phi) is 2.62. The van der Waals surface area contributed by atoms with Crippen molar-refractivity contribution in [3.05, 3.63) is 0 Å². The lowest BCUT2D eigenvalue weighted by atomic mass is 10.1. The van der Waals surface area contributed by atoms with E-state index in [4.69, 9.17) is 0 Å². The van der Waals surface area contributed by atoms with E-state index in [1.54, 1.807) is 0 Å². The van der Waals surface area contributed by atoms with Crippen LogP contribution in [0.4, 0.5) is 0 Å². The van der Waals surface area contributed by atoms with Crippen LogP contribution in [0.1, 0.15) is 13.8 Å². The smallest absolute Gasteiger partial charge is 0.0697 e. The van der Waals surface area contributed by atoms with Gasteiger partial charge in [-0.3, -0.25) is 0 Å². The third-order valence-corrected chi connectivity index (χ3v) is 3.75. The van der Waals surface area contributed by atoms with Crippen LogP contribution in [0.2, 0.25) is 0 Å². The quantitative estimate of drug-likeness (QED) is 0.487. The van der Waals surface area contributed by atoms with Crippen LogP contribution in [0, 0.1) is 0 Å². The van der Waals surface area contributed by atoms with Gasteiger partial charge in [0.15, 0.2) is 0 Å². The molecule has 1 saturated heterocycles. The highest BCUT2D eigenvalue weighted by atomic mass is 127. The summed E-state index contributed by atoms with van der Waals surface area (Å²) >= 11 is 4.74. The van der Waals surface area contributed by atoms with Crippen molar-refractivity contribution < 1.29 is 0 Å². The second-order valence-corrected chi connectivity index (χ2v) is 5.47. The molecule has 0 unspecified atom stereocenters. The molecule has 1 rings (SSSR count). The topological polar surface area (TPSA) is 6.48 Å². The molecule has 0 aromatic carbocycles. The van der Waals surface area contributed by atoms with Gasteiger partial charge in [0, 0.05) is 57.8 Å². The Morgan fingerprint density at radius 3 is 2.00 bits per heavy atom. The van der Waals surface area contributed by atoms with Crippen LogP contribution in [-0.4, -0.2) is 25.0 Å². The monoisotopic (exact) mass is 352 g/mol. The van der Waals surface area contributed by atoms with Gasteiger partial charge in [-0.1, -0.05) is 0 Å². The molecular formula is C5H10I2N2. The standard InChI is InChI=1S/C5H10I2N2/c1-5(2)3-8(6)4-9(5)7/h3-4H2,1-2H3. The van der Waals surface area contributed by atoms with Crippen LogP contribution in [0.15, 0.2) is 0 Å². The van der Waals surface area contributed by atoms with Crippen molar-refractivity contribution in [2.45, 2.75) is 19.4 Å². The third kappa shape index (κ3) is 1.90. The summed E-state index contributed by atoms with van der Waals surface area (Å²) in [5.74, 6) is 0. The summed E-state index contributed by atoms with van der Waals surface area (Å²) in [6.07, 6.45) is 0. The number of hydrogen-bond donors (Lipinski definition) is 0. The largest absolute Gasteiger partial charge is 0.231 e. The Hall–Kier alpha value is 1.38. The molecule has 0 N–H and O–H groups in total. The van der Waals surface area contributed by atoms with Gasteiger partial charge < -0.3 is 0 Å². The fourth-order valence-corrected chi connectivity index (χ4v) is 3.12. The van der Waals surface area contributed by atoms with Gasteiger partial charge in [0.05, 0.1) is 6.67 Å². The zero-order valence-electron chi connectivity index (χ0n) is 5.56. The number of nitrogens with zero attached hydrogens (tertiary/aromatic N) is 2. The first-order chi connectivity index (χ1) is 4.02. The first-order valence-electron chi connectivity index (χ1n) is 2.86. The minimum atomic E-state index is 0.363. The van der Waals surface area contributed by atoms with Crippen LogP contribution in [0.5, 0.6) is 0 Å². The van der Waals surface area contributed by atoms with Gasteiger partial charge >= 0.3 is 0 Å². The summed E-state index contributed by atoms with van der Waals surface area (Å²) in [4.78, 5) is 0. The molecule has 1 aliphatic rings. The second-order valence-electron chi connectivity index (χ2n) is 2.94. The van der Waals surface area contributed by atoms with Crippen LogP contribution in [-0.2, 0) is 0 Å². The first-order valence-corrected chi connectivity index (χ1v) is 4.79. The van der Waals surface area contributed by atoms with Crippen LogP contribution < -0.4 is 0 Å². The van der Waals surface area contributed by atoms with Gasteiger partial charge in [-0.05, 0) is 13.8 Å². The van der Waals surface area contributed by atoms with Crippen molar-refractivity contribution in [3.8, 4) is 0 Å². The van der Waals surface area contributed by atoms with Gasteiger partial charge in [0.2, 0.25) is 0 Å². The number of rotatable bonds is 0. The molecule has 4 heteroatoms. The highest BCUT2D eigenvalue weighted by molar-refractivity contribution is 14.1. The summed E-state index contributed by atoms with van der Waals surface area (Å²) in [7, 11) is 0. The molecule has 0 amide bonds. The minimum absolute atomic E-state index is 0.363. The fourth-order valence-electron chi connectivity index (χ4n) is 0.873. The summed E-state index contributed by atoms with van der Waals surface area (Å²) in [6.45, 7) is 6.76. The van der Waals surface area contributed by atoms with E-state index >= 15 is 0 Å². The predicted octanol–water partition coefficient (Wildman–Crippen LogP) is 2.04. The molecule has 0 bridgehead atoms. The summed E-state index contributed by atoms with van der Waals surface area (Å²) < 4.78 is 4.63. The van der Waals surface area contributed by atoms with Crippen molar-refractivity contribution >= 4 is 45.7 Å². The highest BCUT2D eigenvalue weighted by Crippen LogP contribution is 2.29. The number of hydrogen-bond acceptors (Lipinski definition) is 2. The number of halogens is 2. The summed E-state index contributed by atoms with van der Waals surface area (Å²) in [6, 6.07) is 0. The molecule has 1 heterocycles.